The number of benzene rings is 2. The fraction of sp³-hybridized carbons (Fsp3) is 0.0667. The Morgan fingerprint density at radius 2 is 1.55 bits per heavy atom. The molecule has 0 spiro atoms. The standard InChI is InChI=1S/C15H14N2O3/c18-13-9-5-4-8-12(13)15(20)17-16-14(19)10-11-6-2-1-3-7-11/h1-9,18H,10H2,(H,16,19)(H,17,20). The zero-order valence-corrected chi connectivity index (χ0v) is 10.7. The third-order valence-electron chi connectivity index (χ3n) is 2.67. The zero-order chi connectivity index (χ0) is 14.4. The van der Waals surface area contributed by atoms with E-state index in [0.29, 0.717) is 0 Å². The summed E-state index contributed by atoms with van der Waals surface area (Å²) in [6, 6.07) is 15.3. The van der Waals surface area contributed by atoms with Crippen LogP contribution in [0.25, 0.3) is 0 Å². The van der Waals surface area contributed by atoms with Crippen molar-refractivity contribution in [1.29, 1.82) is 0 Å². The van der Waals surface area contributed by atoms with Crippen molar-refractivity contribution in [2.75, 3.05) is 0 Å². The van der Waals surface area contributed by atoms with E-state index in [1.165, 1.54) is 12.1 Å². The Hall–Kier alpha value is -2.82. The Morgan fingerprint density at radius 1 is 0.900 bits per heavy atom. The summed E-state index contributed by atoms with van der Waals surface area (Å²) in [5.41, 5.74) is 5.52. The average Bonchev–Trinajstić information content (AvgIpc) is 2.46. The van der Waals surface area contributed by atoms with Crippen LogP contribution in [0.2, 0.25) is 0 Å². The molecule has 0 aliphatic heterocycles. The van der Waals surface area contributed by atoms with Crippen LogP contribution < -0.4 is 10.9 Å². The predicted molar refractivity (Wildman–Crippen MR) is 73.9 cm³/mol. The number of hydrogen-bond donors (Lipinski definition) is 3. The number of phenols is 1. The molecule has 2 aromatic rings. The van der Waals surface area contributed by atoms with Crippen LogP contribution in [-0.4, -0.2) is 16.9 Å². The smallest absolute Gasteiger partial charge is 0.273 e. The van der Waals surface area contributed by atoms with E-state index in [2.05, 4.69) is 10.9 Å². The lowest BCUT2D eigenvalue weighted by Gasteiger charge is -2.08. The van der Waals surface area contributed by atoms with Gasteiger partial charge in [-0.1, -0.05) is 42.5 Å². The number of carbonyl (C=O) groups is 2. The van der Waals surface area contributed by atoms with Crippen LogP contribution in [0.4, 0.5) is 0 Å². The number of hydrazine groups is 1. The second-order valence-corrected chi connectivity index (χ2v) is 4.18. The molecule has 3 N–H and O–H groups in total. The molecule has 0 aliphatic carbocycles. The Morgan fingerprint density at radius 3 is 2.25 bits per heavy atom. The first-order valence-corrected chi connectivity index (χ1v) is 6.08. The summed E-state index contributed by atoms with van der Waals surface area (Å²) in [5.74, 6) is -1.04. The maximum Gasteiger partial charge on any atom is 0.273 e. The van der Waals surface area contributed by atoms with Gasteiger partial charge in [-0.05, 0) is 17.7 Å². The van der Waals surface area contributed by atoms with Gasteiger partial charge in [-0.15, -0.1) is 0 Å². The van der Waals surface area contributed by atoms with Crippen molar-refractivity contribution in [3.63, 3.8) is 0 Å². The SMILES string of the molecule is O=C(Cc1ccccc1)NNC(=O)c1ccccc1O. The Kier molecular flexibility index (Phi) is 4.34. The van der Waals surface area contributed by atoms with Gasteiger partial charge in [0.1, 0.15) is 5.75 Å². The molecule has 0 heterocycles. The van der Waals surface area contributed by atoms with Gasteiger partial charge in [0.15, 0.2) is 0 Å². The van der Waals surface area contributed by atoms with E-state index in [-0.39, 0.29) is 23.6 Å². The van der Waals surface area contributed by atoms with Crippen LogP contribution in [-0.2, 0) is 11.2 Å². The molecule has 0 radical (unpaired) electrons. The third-order valence-corrected chi connectivity index (χ3v) is 2.67. The van der Waals surface area contributed by atoms with Gasteiger partial charge in [0.05, 0.1) is 12.0 Å². The maximum absolute atomic E-state index is 11.7. The van der Waals surface area contributed by atoms with Crippen LogP contribution >= 0.6 is 0 Å². The highest BCUT2D eigenvalue weighted by molar-refractivity contribution is 5.97. The summed E-state index contributed by atoms with van der Waals surface area (Å²) < 4.78 is 0. The van der Waals surface area contributed by atoms with Gasteiger partial charge >= 0.3 is 0 Å². The summed E-state index contributed by atoms with van der Waals surface area (Å²) in [7, 11) is 0. The molecule has 0 saturated heterocycles. The second-order valence-electron chi connectivity index (χ2n) is 4.18. The lowest BCUT2D eigenvalue weighted by atomic mass is 10.1. The van der Waals surface area contributed by atoms with Crippen molar-refractivity contribution in [1.82, 2.24) is 10.9 Å². The lowest BCUT2D eigenvalue weighted by Crippen LogP contribution is -2.42. The minimum Gasteiger partial charge on any atom is -0.507 e. The summed E-state index contributed by atoms with van der Waals surface area (Å²) >= 11 is 0. The number of amides is 2. The molecule has 0 unspecified atom stereocenters. The lowest BCUT2D eigenvalue weighted by molar-refractivity contribution is -0.121. The number of hydrogen-bond acceptors (Lipinski definition) is 3. The van der Waals surface area contributed by atoms with E-state index >= 15 is 0 Å². The third kappa shape index (κ3) is 3.58. The fourth-order valence-electron chi connectivity index (χ4n) is 1.68. The molecule has 102 valence electrons. The molecule has 2 aromatic carbocycles. The molecule has 5 nitrogen and oxygen atoms in total. The second kappa shape index (κ2) is 6.38. The summed E-state index contributed by atoms with van der Waals surface area (Å²) in [5, 5.41) is 9.51. The van der Waals surface area contributed by atoms with Gasteiger partial charge in [0, 0.05) is 0 Å². The Labute approximate surface area is 116 Å². The molecule has 20 heavy (non-hydrogen) atoms. The van der Waals surface area contributed by atoms with Gasteiger partial charge < -0.3 is 5.11 Å². The summed E-state index contributed by atoms with van der Waals surface area (Å²) in [6.45, 7) is 0. The van der Waals surface area contributed by atoms with E-state index in [0.717, 1.165) is 5.56 Å². The Balaban J connectivity index is 1.88. The number of rotatable bonds is 3. The van der Waals surface area contributed by atoms with Gasteiger partial charge in [0.2, 0.25) is 5.91 Å². The van der Waals surface area contributed by atoms with Crippen molar-refractivity contribution in [2.45, 2.75) is 6.42 Å². The molecule has 0 bridgehead atoms. The molecule has 5 heteroatoms. The number of phenolic OH excluding ortho intramolecular Hbond substituents is 1. The maximum atomic E-state index is 11.7. The molecule has 2 rings (SSSR count). The predicted octanol–water partition coefficient (Wildman–Crippen LogP) is 1.40. The highest BCUT2D eigenvalue weighted by Crippen LogP contribution is 2.14. The topological polar surface area (TPSA) is 78.4 Å². The normalized spacial score (nSPS) is 9.80. The highest BCUT2D eigenvalue weighted by Gasteiger charge is 2.11. The molecule has 0 fully saturated rings. The van der Waals surface area contributed by atoms with Crippen LogP contribution in [0.15, 0.2) is 54.6 Å². The summed E-state index contributed by atoms with van der Waals surface area (Å²) in [4.78, 5) is 23.4. The number of nitrogens with one attached hydrogen (secondary N) is 2. The van der Waals surface area contributed by atoms with Gasteiger partial charge in [-0.3, -0.25) is 20.4 Å². The monoisotopic (exact) mass is 270 g/mol. The van der Waals surface area contributed by atoms with E-state index in [1.807, 2.05) is 30.3 Å². The summed E-state index contributed by atoms with van der Waals surface area (Å²) in [6.07, 6.45) is 0.169. The first-order valence-electron chi connectivity index (χ1n) is 6.08. The van der Waals surface area contributed by atoms with Crippen molar-refractivity contribution in [2.24, 2.45) is 0 Å². The average molecular weight is 270 g/mol. The first kappa shape index (κ1) is 13.6. The van der Waals surface area contributed by atoms with Crippen LogP contribution in [0, 0.1) is 0 Å². The first-order chi connectivity index (χ1) is 9.66. The van der Waals surface area contributed by atoms with Crippen molar-refractivity contribution in [3.05, 3.63) is 65.7 Å². The van der Waals surface area contributed by atoms with Gasteiger partial charge in [0.25, 0.3) is 5.91 Å². The molecule has 2 amide bonds. The molecule has 0 atom stereocenters. The Bertz CT molecular complexity index is 612. The van der Waals surface area contributed by atoms with Gasteiger partial charge in [-0.25, -0.2) is 0 Å². The van der Waals surface area contributed by atoms with E-state index < -0.39 is 5.91 Å². The van der Waals surface area contributed by atoms with E-state index in [9.17, 15) is 14.7 Å². The molecular weight excluding hydrogens is 256 g/mol. The van der Waals surface area contributed by atoms with E-state index in [1.54, 1.807) is 12.1 Å². The van der Waals surface area contributed by atoms with Crippen LogP contribution in [0.5, 0.6) is 5.75 Å². The van der Waals surface area contributed by atoms with E-state index in [4.69, 9.17) is 0 Å². The van der Waals surface area contributed by atoms with Crippen molar-refractivity contribution in [3.8, 4) is 5.75 Å². The largest absolute Gasteiger partial charge is 0.507 e. The molecular formula is C15H14N2O3. The number of aromatic hydroxyl groups is 1. The minimum atomic E-state index is -0.565. The molecule has 0 saturated carbocycles. The van der Waals surface area contributed by atoms with Crippen molar-refractivity contribution < 1.29 is 14.7 Å². The molecule has 0 aromatic heterocycles. The quantitative estimate of drug-likeness (QED) is 0.738. The van der Waals surface area contributed by atoms with Crippen LogP contribution in [0.3, 0.4) is 0 Å². The molecule has 0 aliphatic rings. The highest BCUT2D eigenvalue weighted by atomic mass is 16.3. The van der Waals surface area contributed by atoms with Crippen LogP contribution in [0.1, 0.15) is 15.9 Å². The fourth-order valence-corrected chi connectivity index (χ4v) is 1.68. The number of carbonyl (C=O) groups excluding carboxylic acids is 2. The number of para-hydroxylation sites is 1. The zero-order valence-electron chi connectivity index (χ0n) is 10.7. The minimum absolute atomic E-state index is 0.104. The van der Waals surface area contributed by atoms with Gasteiger partial charge in [-0.2, -0.15) is 0 Å². The van der Waals surface area contributed by atoms with Crippen molar-refractivity contribution >= 4 is 11.8 Å².